The summed E-state index contributed by atoms with van der Waals surface area (Å²) in [5.41, 5.74) is 0.475. The largest absolute Gasteiger partial charge is 0.478 e. The summed E-state index contributed by atoms with van der Waals surface area (Å²) in [4.78, 5) is 41.3. The van der Waals surface area contributed by atoms with Crippen LogP contribution in [0.1, 0.15) is 44.0 Å². The quantitative estimate of drug-likeness (QED) is 0.856. The van der Waals surface area contributed by atoms with Gasteiger partial charge in [0.1, 0.15) is 11.5 Å². The van der Waals surface area contributed by atoms with Crippen LogP contribution in [-0.2, 0) is 0 Å². The maximum Gasteiger partial charge on any atom is 0.335 e. The van der Waals surface area contributed by atoms with E-state index in [1.165, 1.54) is 42.6 Å². The number of aromatic carboxylic acids is 1. The SMILES string of the molecule is O=C(O)c1ccnc(C(=O)N2CCC(NC(=O)c3ccc(F)cc3)CC2)c1. The van der Waals surface area contributed by atoms with E-state index in [4.69, 9.17) is 5.11 Å². The van der Waals surface area contributed by atoms with Crippen molar-refractivity contribution in [2.24, 2.45) is 0 Å². The predicted octanol–water partition coefficient (Wildman–Crippen LogP) is 1.95. The molecule has 0 saturated carbocycles. The van der Waals surface area contributed by atoms with Gasteiger partial charge in [-0.25, -0.2) is 9.18 Å². The van der Waals surface area contributed by atoms with Crippen molar-refractivity contribution in [3.63, 3.8) is 0 Å². The van der Waals surface area contributed by atoms with Crippen LogP contribution in [0.2, 0.25) is 0 Å². The second-order valence-corrected chi connectivity index (χ2v) is 6.28. The second kappa shape index (κ2) is 7.94. The lowest BCUT2D eigenvalue weighted by Crippen LogP contribution is -2.46. The smallest absolute Gasteiger partial charge is 0.335 e. The fourth-order valence-corrected chi connectivity index (χ4v) is 2.94. The van der Waals surface area contributed by atoms with E-state index >= 15 is 0 Å². The van der Waals surface area contributed by atoms with Gasteiger partial charge in [-0.2, -0.15) is 0 Å². The monoisotopic (exact) mass is 371 g/mol. The van der Waals surface area contributed by atoms with E-state index in [1.807, 2.05) is 0 Å². The Balaban J connectivity index is 1.56. The number of carboxylic acid groups (broad SMARTS) is 1. The maximum atomic E-state index is 12.9. The molecule has 140 valence electrons. The molecule has 0 radical (unpaired) electrons. The Labute approximate surface area is 154 Å². The van der Waals surface area contributed by atoms with E-state index in [2.05, 4.69) is 10.3 Å². The summed E-state index contributed by atoms with van der Waals surface area (Å²) >= 11 is 0. The molecule has 0 aliphatic carbocycles. The summed E-state index contributed by atoms with van der Waals surface area (Å²) in [6.07, 6.45) is 2.43. The van der Waals surface area contributed by atoms with Crippen LogP contribution >= 0.6 is 0 Å². The average molecular weight is 371 g/mol. The van der Waals surface area contributed by atoms with Crippen LogP contribution in [0, 0.1) is 5.82 Å². The van der Waals surface area contributed by atoms with Crippen molar-refractivity contribution in [1.82, 2.24) is 15.2 Å². The Kier molecular flexibility index (Phi) is 5.44. The number of piperidine rings is 1. The molecule has 2 aromatic rings. The molecular weight excluding hydrogens is 353 g/mol. The molecule has 27 heavy (non-hydrogen) atoms. The molecule has 0 unspecified atom stereocenters. The van der Waals surface area contributed by atoms with Crippen molar-refractivity contribution >= 4 is 17.8 Å². The van der Waals surface area contributed by atoms with Gasteiger partial charge in [0.05, 0.1) is 5.56 Å². The highest BCUT2D eigenvalue weighted by Crippen LogP contribution is 2.15. The Morgan fingerprint density at radius 2 is 1.74 bits per heavy atom. The van der Waals surface area contributed by atoms with Gasteiger partial charge >= 0.3 is 5.97 Å². The third-order valence-electron chi connectivity index (χ3n) is 4.45. The molecule has 2 N–H and O–H groups in total. The van der Waals surface area contributed by atoms with Crippen LogP contribution in [0.5, 0.6) is 0 Å². The van der Waals surface area contributed by atoms with Crippen LogP contribution in [0.3, 0.4) is 0 Å². The van der Waals surface area contributed by atoms with Gasteiger partial charge in [-0.05, 0) is 49.2 Å². The highest BCUT2D eigenvalue weighted by Gasteiger charge is 2.26. The van der Waals surface area contributed by atoms with Crippen molar-refractivity contribution in [3.8, 4) is 0 Å². The van der Waals surface area contributed by atoms with Gasteiger partial charge < -0.3 is 15.3 Å². The zero-order valence-corrected chi connectivity index (χ0v) is 14.4. The summed E-state index contributed by atoms with van der Waals surface area (Å²) in [6.45, 7) is 0.846. The molecule has 1 aromatic carbocycles. The van der Waals surface area contributed by atoms with Crippen LogP contribution in [-0.4, -0.2) is 51.9 Å². The first-order valence-electron chi connectivity index (χ1n) is 8.49. The van der Waals surface area contributed by atoms with Gasteiger partial charge in [0, 0.05) is 30.9 Å². The number of amides is 2. The molecule has 0 spiro atoms. The Morgan fingerprint density at radius 3 is 2.37 bits per heavy atom. The third-order valence-corrected chi connectivity index (χ3v) is 4.45. The molecule has 0 atom stereocenters. The molecule has 1 aromatic heterocycles. The molecule has 0 bridgehead atoms. The fourth-order valence-electron chi connectivity index (χ4n) is 2.94. The molecule has 2 heterocycles. The number of carbonyl (C=O) groups is 3. The minimum atomic E-state index is -1.12. The van der Waals surface area contributed by atoms with E-state index in [9.17, 15) is 18.8 Å². The van der Waals surface area contributed by atoms with Crippen LogP contribution in [0.15, 0.2) is 42.6 Å². The van der Waals surface area contributed by atoms with Gasteiger partial charge in [-0.1, -0.05) is 0 Å². The fraction of sp³-hybridized carbons (Fsp3) is 0.263. The summed E-state index contributed by atoms with van der Waals surface area (Å²) in [5, 5.41) is 11.9. The number of nitrogens with one attached hydrogen (secondary N) is 1. The molecule has 7 nitrogen and oxygen atoms in total. The molecular formula is C19H18FN3O4. The normalized spacial score (nSPS) is 14.6. The first-order chi connectivity index (χ1) is 12.9. The number of rotatable bonds is 4. The van der Waals surface area contributed by atoms with Crippen molar-refractivity contribution in [2.45, 2.75) is 18.9 Å². The van der Waals surface area contributed by atoms with Gasteiger partial charge in [-0.3, -0.25) is 14.6 Å². The number of carboxylic acids is 1. The average Bonchev–Trinajstić information content (AvgIpc) is 2.68. The molecule has 1 aliphatic heterocycles. The van der Waals surface area contributed by atoms with Crippen LogP contribution in [0.25, 0.3) is 0 Å². The predicted molar refractivity (Wildman–Crippen MR) is 94.0 cm³/mol. The lowest BCUT2D eigenvalue weighted by atomic mass is 10.0. The topological polar surface area (TPSA) is 99.6 Å². The molecule has 8 heteroatoms. The summed E-state index contributed by atoms with van der Waals surface area (Å²) in [5.74, 6) is -2.13. The van der Waals surface area contributed by atoms with Gasteiger partial charge in [0.2, 0.25) is 0 Å². The Bertz CT molecular complexity index is 862. The molecule has 1 aliphatic rings. The van der Waals surface area contributed by atoms with E-state index in [0.29, 0.717) is 31.5 Å². The number of likely N-dealkylation sites (tertiary alicyclic amines) is 1. The number of carbonyl (C=O) groups excluding carboxylic acids is 2. The summed E-state index contributed by atoms with van der Waals surface area (Å²) < 4.78 is 12.9. The molecule has 3 rings (SSSR count). The van der Waals surface area contributed by atoms with Crippen LogP contribution in [0.4, 0.5) is 4.39 Å². The zero-order valence-electron chi connectivity index (χ0n) is 14.4. The number of nitrogens with zero attached hydrogens (tertiary/aromatic N) is 2. The maximum absolute atomic E-state index is 12.9. The minimum absolute atomic E-state index is 0.00907. The first kappa shape index (κ1) is 18.5. The lowest BCUT2D eigenvalue weighted by molar-refractivity contribution is 0.0692. The number of hydrogen-bond donors (Lipinski definition) is 2. The number of pyridine rings is 1. The van der Waals surface area contributed by atoms with E-state index < -0.39 is 11.8 Å². The van der Waals surface area contributed by atoms with E-state index in [-0.39, 0.29) is 29.1 Å². The van der Waals surface area contributed by atoms with Crippen molar-refractivity contribution in [3.05, 3.63) is 65.2 Å². The van der Waals surface area contributed by atoms with Gasteiger partial charge in [0.15, 0.2) is 0 Å². The van der Waals surface area contributed by atoms with Crippen molar-refractivity contribution in [2.75, 3.05) is 13.1 Å². The van der Waals surface area contributed by atoms with Crippen molar-refractivity contribution in [1.29, 1.82) is 0 Å². The minimum Gasteiger partial charge on any atom is -0.478 e. The molecule has 1 saturated heterocycles. The van der Waals surface area contributed by atoms with Gasteiger partial charge in [0.25, 0.3) is 11.8 Å². The summed E-state index contributed by atoms with van der Waals surface area (Å²) in [6, 6.07) is 7.80. The Morgan fingerprint density at radius 1 is 1.07 bits per heavy atom. The van der Waals surface area contributed by atoms with E-state index in [0.717, 1.165) is 0 Å². The number of halogens is 1. The lowest BCUT2D eigenvalue weighted by Gasteiger charge is -2.32. The molecule has 2 amide bonds. The molecule has 1 fully saturated rings. The number of hydrogen-bond acceptors (Lipinski definition) is 4. The number of benzene rings is 1. The second-order valence-electron chi connectivity index (χ2n) is 6.28. The zero-order chi connectivity index (χ0) is 19.4. The highest BCUT2D eigenvalue weighted by atomic mass is 19.1. The van der Waals surface area contributed by atoms with Crippen molar-refractivity contribution < 1.29 is 23.9 Å². The van der Waals surface area contributed by atoms with Gasteiger partial charge in [-0.15, -0.1) is 0 Å². The standard InChI is InChI=1S/C19H18FN3O4/c20-14-3-1-12(2-4-14)17(24)22-15-6-9-23(10-7-15)18(25)16-11-13(19(26)27)5-8-21-16/h1-5,8,11,15H,6-7,9-10H2,(H,22,24)(H,26,27). The van der Waals surface area contributed by atoms with E-state index in [1.54, 1.807) is 4.90 Å². The highest BCUT2D eigenvalue weighted by molar-refractivity contribution is 5.96. The van der Waals surface area contributed by atoms with Crippen LogP contribution < -0.4 is 5.32 Å². The number of aromatic nitrogens is 1. The first-order valence-corrected chi connectivity index (χ1v) is 8.49. The summed E-state index contributed by atoms with van der Waals surface area (Å²) in [7, 11) is 0. The Hall–Kier alpha value is -3.29. The third kappa shape index (κ3) is 4.46.